The summed E-state index contributed by atoms with van der Waals surface area (Å²) in [5.74, 6) is -0.112. The molecule has 1 aromatic rings. The van der Waals surface area contributed by atoms with Crippen LogP contribution in [0.3, 0.4) is 0 Å². The number of rotatable bonds is 6. The molecule has 0 aliphatic carbocycles. The van der Waals surface area contributed by atoms with Crippen molar-refractivity contribution in [2.45, 2.75) is 25.7 Å². The lowest BCUT2D eigenvalue weighted by atomic mass is 10.2. The summed E-state index contributed by atoms with van der Waals surface area (Å²) in [5, 5.41) is 5.82. The van der Waals surface area contributed by atoms with Crippen LogP contribution in [-0.4, -0.2) is 38.3 Å². The zero-order valence-electron chi connectivity index (χ0n) is 11.5. The van der Waals surface area contributed by atoms with Crippen LogP contribution < -0.4 is 15.4 Å². The van der Waals surface area contributed by atoms with Gasteiger partial charge in [0.2, 0.25) is 5.91 Å². The second kappa shape index (κ2) is 7.90. The molecule has 5 nitrogen and oxygen atoms in total. The zero-order valence-corrected chi connectivity index (χ0v) is 11.5. The lowest BCUT2D eigenvalue weighted by Crippen LogP contribution is -2.41. The van der Waals surface area contributed by atoms with Gasteiger partial charge in [0.1, 0.15) is 5.75 Å². The maximum atomic E-state index is 12.3. The number of hydrogen-bond acceptors (Lipinski definition) is 4. The van der Waals surface area contributed by atoms with E-state index in [0.29, 0.717) is 18.7 Å². The fraction of sp³-hybridized carbons (Fsp3) is 0.500. The Kier molecular flexibility index (Phi) is 5.89. The fourth-order valence-electron chi connectivity index (χ4n) is 2.08. The van der Waals surface area contributed by atoms with E-state index in [-0.39, 0.29) is 30.7 Å². The predicted molar refractivity (Wildman–Crippen MR) is 72.1 cm³/mol. The molecule has 0 spiro atoms. The first-order chi connectivity index (χ1) is 10.1. The molecule has 1 aliphatic heterocycles. The normalized spacial score (nSPS) is 18.5. The van der Waals surface area contributed by atoms with Gasteiger partial charge in [-0.2, -0.15) is 8.78 Å². The number of hydrogen-bond donors (Lipinski definition) is 2. The molecule has 1 unspecified atom stereocenters. The predicted octanol–water partition coefficient (Wildman–Crippen LogP) is 1.28. The Balaban J connectivity index is 1.83. The molecule has 0 radical (unpaired) electrons. The summed E-state index contributed by atoms with van der Waals surface area (Å²) < 4.78 is 34.4. The number of carbonyl (C=O) groups excluding carboxylic acids is 1. The second-order valence-corrected chi connectivity index (χ2v) is 4.66. The highest BCUT2D eigenvalue weighted by Gasteiger charge is 2.17. The van der Waals surface area contributed by atoms with E-state index >= 15 is 0 Å². The summed E-state index contributed by atoms with van der Waals surface area (Å²) in [7, 11) is 0. The van der Waals surface area contributed by atoms with Gasteiger partial charge >= 0.3 is 6.61 Å². The number of ether oxygens (including phenoxy) is 2. The van der Waals surface area contributed by atoms with Gasteiger partial charge in [-0.1, -0.05) is 18.2 Å². The number of para-hydroxylation sites is 1. The maximum Gasteiger partial charge on any atom is 0.387 e. The first-order valence-electron chi connectivity index (χ1n) is 6.77. The summed E-state index contributed by atoms with van der Waals surface area (Å²) in [5.41, 5.74) is 0.508. The van der Waals surface area contributed by atoms with Crippen LogP contribution in [0.1, 0.15) is 12.0 Å². The quantitative estimate of drug-likeness (QED) is 0.831. The number of morpholine rings is 1. The Morgan fingerprint density at radius 3 is 3.00 bits per heavy atom. The SMILES string of the molecule is O=C(CC1CNCCO1)NCc1ccccc1OC(F)F. The van der Waals surface area contributed by atoms with Gasteiger partial charge in [0, 0.05) is 25.2 Å². The number of amides is 1. The molecule has 0 saturated carbocycles. The van der Waals surface area contributed by atoms with Crippen molar-refractivity contribution >= 4 is 5.91 Å². The first kappa shape index (κ1) is 15.7. The van der Waals surface area contributed by atoms with Crippen LogP contribution in [0.25, 0.3) is 0 Å². The van der Waals surface area contributed by atoms with Gasteiger partial charge in [0.05, 0.1) is 19.1 Å². The highest BCUT2D eigenvalue weighted by molar-refractivity contribution is 5.76. The maximum absolute atomic E-state index is 12.3. The van der Waals surface area contributed by atoms with Crippen molar-refractivity contribution in [1.82, 2.24) is 10.6 Å². The van der Waals surface area contributed by atoms with Gasteiger partial charge < -0.3 is 20.1 Å². The minimum absolute atomic E-state index is 0.0726. The lowest BCUT2D eigenvalue weighted by Gasteiger charge is -2.23. The molecule has 2 N–H and O–H groups in total. The monoisotopic (exact) mass is 300 g/mol. The van der Waals surface area contributed by atoms with Crippen molar-refractivity contribution < 1.29 is 23.0 Å². The number of halogens is 2. The molecular formula is C14H18F2N2O3. The van der Waals surface area contributed by atoms with Crippen LogP contribution in [0, 0.1) is 0 Å². The Hall–Kier alpha value is -1.73. The Bertz CT molecular complexity index is 465. The van der Waals surface area contributed by atoms with E-state index in [4.69, 9.17) is 4.74 Å². The number of nitrogens with one attached hydrogen (secondary N) is 2. The van der Waals surface area contributed by atoms with E-state index in [2.05, 4.69) is 15.4 Å². The Morgan fingerprint density at radius 2 is 2.29 bits per heavy atom. The van der Waals surface area contributed by atoms with Gasteiger partial charge in [-0.15, -0.1) is 0 Å². The van der Waals surface area contributed by atoms with Gasteiger partial charge in [-0.3, -0.25) is 4.79 Å². The number of alkyl halides is 2. The smallest absolute Gasteiger partial charge is 0.387 e. The molecular weight excluding hydrogens is 282 g/mol. The van der Waals surface area contributed by atoms with Crippen LogP contribution in [0.15, 0.2) is 24.3 Å². The van der Waals surface area contributed by atoms with Crippen LogP contribution in [-0.2, 0) is 16.1 Å². The van der Waals surface area contributed by atoms with E-state index < -0.39 is 6.61 Å². The fourth-order valence-corrected chi connectivity index (χ4v) is 2.08. The summed E-state index contributed by atoms with van der Waals surface area (Å²) in [6.45, 7) is -0.733. The van der Waals surface area contributed by atoms with Crippen molar-refractivity contribution in [2.24, 2.45) is 0 Å². The van der Waals surface area contributed by atoms with Gasteiger partial charge in [-0.05, 0) is 6.07 Å². The van der Waals surface area contributed by atoms with E-state index in [9.17, 15) is 13.6 Å². The van der Waals surface area contributed by atoms with E-state index in [1.165, 1.54) is 6.07 Å². The Morgan fingerprint density at radius 1 is 1.48 bits per heavy atom. The largest absolute Gasteiger partial charge is 0.434 e. The molecule has 0 aromatic heterocycles. The molecule has 1 amide bonds. The van der Waals surface area contributed by atoms with E-state index in [1.54, 1.807) is 18.2 Å². The van der Waals surface area contributed by atoms with Gasteiger partial charge in [-0.25, -0.2) is 0 Å². The molecule has 2 rings (SSSR count). The summed E-state index contributed by atoms with van der Waals surface area (Å²) in [6.07, 6.45) is 0.0940. The standard InChI is InChI=1S/C14H18F2N2O3/c15-14(16)21-12-4-2-1-3-10(12)8-18-13(19)7-11-9-17-5-6-20-11/h1-4,11,14,17H,5-9H2,(H,18,19). The van der Waals surface area contributed by atoms with E-state index in [0.717, 1.165) is 6.54 Å². The molecule has 1 fully saturated rings. The van der Waals surface area contributed by atoms with Gasteiger partial charge in [0.25, 0.3) is 0 Å². The average Bonchev–Trinajstić information content (AvgIpc) is 2.47. The molecule has 116 valence electrons. The third kappa shape index (κ3) is 5.28. The van der Waals surface area contributed by atoms with Crippen molar-refractivity contribution in [1.29, 1.82) is 0 Å². The summed E-state index contributed by atoms with van der Waals surface area (Å²) >= 11 is 0. The average molecular weight is 300 g/mol. The minimum Gasteiger partial charge on any atom is -0.434 e. The Labute approximate surface area is 121 Å². The molecule has 0 bridgehead atoms. The molecule has 1 heterocycles. The molecule has 1 atom stereocenters. The molecule has 1 aliphatic rings. The van der Waals surface area contributed by atoms with Crippen molar-refractivity contribution in [2.75, 3.05) is 19.7 Å². The summed E-state index contributed by atoms with van der Waals surface area (Å²) in [6, 6.07) is 6.39. The molecule has 1 aromatic carbocycles. The molecule has 7 heteroatoms. The minimum atomic E-state index is -2.89. The van der Waals surface area contributed by atoms with E-state index in [1.807, 2.05) is 0 Å². The van der Waals surface area contributed by atoms with Crippen LogP contribution in [0.4, 0.5) is 8.78 Å². The molecule has 21 heavy (non-hydrogen) atoms. The van der Waals surface area contributed by atoms with Crippen molar-refractivity contribution in [3.05, 3.63) is 29.8 Å². The highest BCUT2D eigenvalue weighted by Crippen LogP contribution is 2.20. The zero-order chi connectivity index (χ0) is 15.1. The summed E-state index contributed by atoms with van der Waals surface area (Å²) in [4.78, 5) is 11.8. The second-order valence-electron chi connectivity index (χ2n) is 4.66. The highest BCUT2D eigenvalue weighted by atomic mass is 19.3. The number of benzene rings is 1. The lowest BCUT2D eigenvalue weighted by molar-refractivity contribution is -0.124. The van der Waals surface area contributed by atoms with Crippen LogP contribution >= 0.6 is 0 Å². The third-order valence-corrected chi connectivity index (χ3v) is 3.08. The van der Waals surface area contributed by atoms with Gasteiger partial charge in [0.15, 0.2) is 0 Å². The topological polar surface area (TPSA) is 59.6 Å². The number of carbonyl (C=O) groups is 1. The molecule has 1 saturated heterocycles. The van der Waals surface area contributed by atoms with Crippen LogP contribution in [0.2, 0.25) is 0 Å². The van der Waals surface area contributed by atoms with Crippen molar-refractivity contribution in [3.63, 3.8) is 0 Å². The first-order valence-corrected chi connectivity index (χ1v) is 6.77. The van der Waals surface area contributed by atoms with Crippen LogP contribution in [0.5, 0.6) is 5.75 Å². The third-order valence-electron chi connectivity index (χ3n) is 3.08. The van der Waals surface area contributed by atoms with Crippen molar-refractivity contribution in [3.8, 4) is 5.75 Å².